The molecule has 0 atom stereocenters. The summed E-state index contributed by atoms with van der Waals surface area (Å²) >= 11 is 5.46. The summed E-state index contributed by atoms with van der Waals surface area (Å²) in [5.74, 6) is 0.501. The fraction of sp³-hybridized carbons (Fsp3) is 0.167. The fourth-order valence-electron chi connectivity index (χ4n) is 0.477. The lowest BCUT2D eigenvalue weighted by atomic mass is 10.4. The van der Waals surface area contributed by atoms with E-state index in [9.17, 15) is 0 Å². The summed E-state index contributed by atoms with van der Waals surface area (Å²) < 4.78 is 0. The second-order valence-electron chi connectivity index (χ2n) is 1.45. The predicted molar refractivity (Wildman–Crippen MR) is 55.5 cm³/mol. The van der Waals surface area contributed by atoms with Gasteiger partial charge in [-0.05, 0) is 12.1 Å². The molecule has 0 N–H and O–H groups in total. The van der Waals surface area contributed by atoms with Gasteiger partial charge in [-0.1, -0.05) is 6.07 Å². The van der Waals surface area contributed by atoms with Crippen LogP contribution in [-0.4, -0.2) is 4.98 Å². The molecule has 1 rings (SSSR count). The Bertz CT molecular complexity index is 156. The van der Waals surface area contributed by atoms with Crippen LogP contribution < -0.4 is 0 Å². The zero-order valence-corrected chi connectivity index (χ0v) is 8.77. The van der Waals surface area contributed by atoms with Gasteiger partial charge in [-0.15, -0.1) is 48.8 Å². The summed E-state index contributed by atoms with van der Waals surface area (Å²) in [6.07, 6.45) is 1.73. The first kappa shape index (κ1) is 17.4. The minimum absolute atomic E-state index is 0. The number of hydrogen-bond donors (Lipinski definition) is 0. The van der Waals surface area contributed by atoms with Crippen molar-refractivity contribution in [1.29, 1.82) is 0 Å². The van der Waals surface area contributed by atoms with E-state index in [2.05, 4.69) is 4.98 Å². The average Bonchev–Trinajstić information content (AvgIpc) is 1.90. The summed E-state index contributed by atoms with van der Waals surface area (Å²) in [5, 5.41) is 0. The Morgan fingerprint density at radius 1 is 1.18 bits per heavy atom. The van der Waals surface area contributed by atoms with Gasteiger partial charge in [0.1, 0.15) is 0 Å². The number of alkyl halides is 1. The van der Waals surface area contributed by atoms with Gasteiger partial charge >= 0.3 is 0 Å². The quantitative estimate of drug-likeness (QED) is 0.684. The van der Waals surface area contributed by atoms with E-state index in [0.29, 0.717) is 5.88 Å². The Kier molecular flexibility index (Phi) is 16.3. The van der Waals surface area contributed by atoms with Gasteiger partial charge in [-0.3, -0.25) is 4.98 Å². The van der Waals surface area contributed by atoms with Gasteiger partial charge in [-0.25, -0.2) is 0 Å². The van der Waals surface area contributed by atoms with E-state index >= 15 is 0 Å². The molecule has 0 aliphatic rings. The molecule has 0 saturated heterocycles. The van der Waals surface area contributed by atoms with Crippen LogP contribution in [-0.2, 0) is 5.88 Å². The van der Waals surface area contributed by atoms with Crippen molar-refractivity contribution < 1.29 is 0 Å². The van der Waals surface area contributed by atoms with Crippen molar-refractivity contribution in [2.24, 2.45) is 0 Å². The first-order valence-corrected chi connectivity index (χ1v) is 2.93. The SMILES string of the molecule is Cl.Cl.Cl.ClCc1ccccn1. The number of nitrogens with zero attached hydrogens (tertiary/aromatic N) is 1. The lowest BCUT2D eigenvalue weighted by Crippen LogP contribution is -1.79. The smallest absolute Gasteiger partial charge is 0.0647 e. The molecule has 1 aromatic rings. The number of aromatic nitrogens is 1. The average molecular weight is 237 g/mol. The third kappa shape index (κ3) is 6.70. The van der Waals surface area contributed by atoms with Gasteiger partial charge < -0.3 is 0 Å². The topological polar surface area (TPSA) is 12.9 Å². The second-order valence-corrected chi connectivity index (χ2v) is 1.72. The van der Waals surface area contributed by atoms with Crippen LogP contribution >= 0.6 is 48.8 Å². The molecule has 0 aliphatic carbocycles. The van der Waals surface area contributed by atoms with E-state index < -0.39 is 0 Å². The largest absolute Gasteiger partial charge is 0.260 e. The first-order chi connectivity index (χ1) is 3.93. The molecule has 5 heteroatoms. The summed E-state index contributed by atoms with van der Waals surface area (Å²) in [6, 6.07) is 5.69. The lowest BCUT2D eigenvalue weighted by molar-refractivity contribution is 1.17. The number of rotatable bonds is 1. The predicted octanol–water partition coefficient (Wildman–Crippen LogP) is 3.09. The molecule has 0 aromatic carbocycles. The Labute approximate surface area is 89.8 Å². The zero-order valence-electron chi connectivity index (χ0n) is 5.57. The summed E-state index contributed by atoms with van der Waals surface area (Å²) in [4.78, 5) is 3.97. The fourth-order valence-corrected chi connectivity index (χ4v) is 0.635. The van der Waals surface area contributed by atoms with E-state index in [4.69, 9.17) is 11.6 Å². The number of hydrogen-bond acceptors (Lipinski definition) is 1. The number of halogens is 4. The van der Waals surface area contributed by atoms with Crippen LogP contribution in [0.3, 0.4) is 0 Å². The van der Waals surface area contributed by atoms with E-state index in [0.717, 1.165) is 5.69 Å². The molecule has 0 unspecified atom stereocenters. The van der Waals surface area contributed by atoms with Crippen LogP contribution in [0.15, 0.2) is 24.4 Å². The molecule has 0 radical (unpaired) electrons. The van der Waals surface area contributed by atoms with Crippen molar-refractivity contribution in [2.75, 3.05) is 0 Å². The lowest BCUT2D eigenvalue weighted by Gasteiger charge is -1.87. The standard InChI is InChI=1S/C6H6ClN.3ClH/c7-5-6-3-1-2-4-8-6;;;/h1-4H,5H2;3*1H. The summed E-state index contributed by atoms with van der Waals surface area (Å²) in [7, 11) is 0. The highest BCUT2D eigenvalue weighted by atomic mass is 35.5. The summed E-state index contributed by atoms with van der Waals surface area (Å²) in [6.45, 7) is 0. The van der Waals surface area contributed by atoms with E-state index in [1.54, 1.807) is 6.20 Å². The molecular weight excluding hydrogens is 228 g/mol. The third-order valence-corrected chi connectivity index (χ3v) is 1.14. The first-order valence-electron chi connectivity index (χ1n) is 2.39. The Balaban J connectivity index is -0.000000213. The molecule has 0 bridgehead atoms. The monoisotopic (exact) mass is 235 g/mol. The van der Waals surface area contributed by atoms with E-state index in [-0.39, 0.29) is 37.2 Å². The van der Waals surface area contributed by atoms with Gasteiger partial charge in [0.2, 0.25) is 0 Å². The van der Waals surface area contributed by atoms with Crippen molar-refractivity contribution in [3.8, 4) is 0 Å². The van der Waals surface area contributed by atoms with Crippen LogP contribution in [0.2, 0.25) is 0 Å². The maximum absolute atomic E-state index is 5.46. The Morgan fingerprint density at radius 2 is 1.82 bits per heavy atom. The van der Waals surface area contributed by atoms with Crippen LogP contribution in [0.4, 0.5) is 0 Å². The maximum atomic E-state index is 5.46. The summed E-state index contributed by atoms with van der Waals surface area (Å²) in [5.41, 5.74) is 0.925. The van der Waals surface area contributed by atoms with Gasteiger partial charge in [0.15, 0.2) is 0 Å². The molecule has 66 valence electrons. The molecule has 0 amide bonds. The molecule has 1 nitrogen and oxygen atoms in total. The number of pyridine rings is 1. The van der Waals surface area contributed by atoms with Gasteiger partial charge in [0.25, 0.3) is 0 Å². The minimum atomic E-state index is 0. The molecule has 0 aliphatic heterocycles. The molecule has 1 aromatic heterocycles. The molecule has 0 saturated carbocycles. The Hall–Kier alpha value is 0.310. The molecule has 1 heterocycles. The third-order valence-electron chi connectivity index (χ3n) is 0.863. The van der Waals surface area contributed by atoms with Crippen molar-refractivity contribution in [1.82, 2.24) is 4.98 Å². The van der Waals surface area contributed by atoms with Gasteiger partial charge in [0, 0.05) is 6.20 Å². The van der Waals surface area contributed by atoms with Crippen LogP contribution in [0.5, 0.6) is 0 Å². The van der Waals surface area contributed by atoms with Crippen molar-refractivity contribution in [3.05, 3.63) is 30.1 Å². The normalized spacial score (nSPS) is 6.64. The minimum Gasteiger partial charge on any atom is -0.260 e. The van der Waals surface area contributed by atoms with Gasteiger partial charge in [0.05, 0.1) is 11.6 Å². The van der Waals surface area contributed by atoms with Crippen molar-refractivity contribution >= 4 is 48.8 Å². The highest BCUT2D eigenvalue weighted by Gasteiger charge is 1.83. The van der Waals surface area contributed by atoms with E-state index in [1.165, 1.54) is 0 Å². The van der Waals surface area contributed by atoms with Crippen molar-refractivity contribution in [3.63, 3.8) is 0 Å². The molecule has 11 heavy (non-hydrogen) atoms. The highest BCUT2D eigenvalue weighted by Crippen LogP contribution is 1.95. The zero-order chi connectivity index (χ0) is 5.82. The second kappa shape index (κ2) is 10.3. The molecule has 0 spiro atoms. The van der Waals surface area contributed by atoms with Gasteiger partial charge in [-0.2, -0.15) is 0 Å². The Morgan fingerprint density at radius 3 is 2.09 bits per heavy atom. The van der Waals surface area contributed by atoms with Crippen molar-refractivity contribution in [2.45, 2.75) is 5.88 Å². The molecular formula is C6H9Cl4N. The van der Waals surface area contributed by atoms with E-state index in [1.807, 2.05) is 18.2 Å². The van der Waals surface area contributed by atoms with Crippen LogP contribution in [0.25, 0.3) is 0 Å². The van der Waals surface area contributed by atoms with Crippen LogP contribution in [0, 0.1) is 0 Å². The highest BCUT2D eigenvalue weighted by molar-refractivity contribution is 6.16. The van der Waals surface area contributed by atoms with Crippen LogP contribution in [0.1, 0.15) is 5.69 Å². The molecule has 0 fully saturated rings. The maximum Gasteiger partial charge on any atom is 0.0647 e.